The van der Waals surface area contributed by atoms with E-state index in [0.29, 0.717) is 12.5 Å². The van der Waals surface area contributed by atoms with Crippen LogP contribution in [0.15, 0.2) is 18.5 Å². The maximum atomic E-state index is 10.6. The van der Waals surface area contributed by atoms with Crippen molar-refractivity contribution in [3.05, 3.63) is 18.5 Å². The van der Waals surface area contributed by atoms with Crippen LogP contribution >= 0.6 is 0 Å². The molecule has 2 unspecified atom stereocenters. The molecule has 106 valence electrons. The van der Waals surface area contributed by atoms with Crippen LogP contribution in [-0.4, -0.2) is 28.8 Å². The molecule has 3 N–H and O–H groups in total. The second-order valence-electron chi connectivity index (χ2n) is 5.77. The molecule has 0 radical (unpaired) electrons. The molecule has 1 aromatic rings. The molecule has 0 bridgehead atoms. The van der Waals surface area contributed by atoms with Crippen LogP contribution in [0, 0.1) is 5.92 Å². The SMILES string of the molecule is CCNc1cncc(NCC2(O)CCCC(C)C2)c1. The number of nitrogens with zero attached hydrogens (tertiary/aromatic N) is 1. The first-order valence-electron chi connectivity index (χ1n) is 7.26. The lowest BCUT2D eigenvalue weighted by molar-refractivity contribution is -0.000764. The molecule has 4 heteroatoms. The van der Waals surface area contributed by atoms with Gasteiger partial charge in [-0.2, -0.15) is 0 Å². The average Bonchev–Trinajstić information content (AvgIpc) is 2.37. The first kappa shape index (κ1) is 14.1. The highest BCUT2D eigenvalue weighted by Gasteiger charge is 2.32. The number of aromatic nitrogens is 1. The fraction of sp³-hybridized carbons (Fsp3) is 0.667. The first-order valence-corrected chi connectivity index (χ1v) is 7.26. The second-order valence-corrected chi connectivity index (χ2v) is 5.77. The molecule has 0 amide bonds. The summed E-state index contributed by atoms with van der Waals surface area (Å²) in [5, 5.41) is 17.1. The smallest absolute Gasteiger partial charge is 0.0821 e. The monoisotopic (exact) mass is 263 g/mol. The predicted molar refractivity (Wildman–Crippen MR) is 79.5 cm³/mol. The first-order chi connectivity index (χ1) is 9.11. The largest absolute Gasteiger partial charge is 0.388 e. The van der Waals surface area contributed by atoms with Crippen molar-refractivity contribution < 1.29 is 5.11 Å². The van der Waals surface area contributed by atoms with Gasteiger partial charge in [-0.1, -0.05) is 19.8 Å². The number of anilines is 2. The fourth-order valence-electron chi connectivity index (χ4n) is 2.90. The molecule has 1 aliphatic rings. The third-order valence-corrected chi connectivity index (χ3v) is 3.81. The molecule has 1 heterocycles. The van der Waals surface area contributed by atoms with Crippen molar-refractivity contribution in [2.24, 2.45) is 5.92 Å². The van der Waals surface area contributed by atoms with E-state index in [1.807, 2.05) is 12.3 Å². The summed E-state index contributed by atoms with van der Waals surface area (Å²) >= 11 is 0. The Morgan fingerprint density at radius 3 is 2.79 bits per heavy atom. The summed E-state index contributed by atoms with van der Waals surface area (Å²) < 4.78 is 0. The number of hydrogen-bond acceptors (Lipinski definition) is 4. The van der Waals surface area contributed by atoms with E-state index >= 15 is 0 Å². The van der Waals surface area contributed by atoms with Gasteiger partial charge in [-0.3, -0.25) is 4.98 Å². The third kappa shape index (κ3) is 4.10. The fourth-order valence-corrected chi connectivity index (χ4v) is 2.90. The van der Waals surface area contributed by atoms with Gasteiger partial charge in [0.1, 0.15) is 0 Å². The normalized spacial score (nSPS) is 27.0. The summed E-state index contributed by atoms with van der Waals surface area (Å²) in [7, 11) is 0. The molecule has 0 aromatic carbocycles. The third-order valence-electron chi connectivity index (χ3n) is 3.81. The lowest BCUT2D eigenvalue weighted by Gasteiger charge is -2.35. The number of aliphatic hydroxyl groups is 1. The van der Waals surface area contributed by atoms with Crippen molar-refractivity contribution in [1.29, 1.82) is 0 Å². The van der Waals surface area contributed by atoms with E-state index in [9.17, 15) is 5.11 Å². The van der Waals surface area contributed by atoms with Gasteiger partial charge in [0.25, 0.3) is 0 Å². The zero-order chi connectivity index (χ0) is 13.7. The van der Waals surface area contributed by atoms with Crippen LogP contribution in [0.25, 0.3) is 0 Å². The van der Waals surface area contributed by atoms with Crippen LogP contribution in [0.3, 0.4) is 0 Å². The molecule has 4 nitrogen and oxygen atoms in total. The minimum atomic E-state index is -0.564. The summed E-state index contributed by atoms with van der Waals surface area (Å²) in [6, 6.07) is 2.03. The Labute approximate surface area is 115 Å². The standard InChI is InChI=1S/C15H25N3O/c1-3-17-13-7-14(10-16-9-13)18-11-15(19)6-4-5-12(2)8-15/h7,9-10,12,17-19H,3-6,8,11H2,1-2H3. The van der Waals surface area contributed by atoms with Crippen LogP contribution in [0.2, 0.25) is 0 Å². The van der Waals surface area contributed by atoms with Gasteiger partial charge < -0.3 is 15.7 Å². The summed E-state index contributed by atoms with van der Waals surface area (Å²) in [5.41, 5.74) is 1.41. The molecule has 1 fully saturated rings. The molecule has 1 aliphatic carbocycles. The highest BCUT2D eigenvalue weighted by Crippen LogP contribution is 2.32. The minimum absolute atomic E-state index is 0.564. The average molecular weight is 263 g/mol. The maximum absolute atomic E-state index is 10.6. The van der Waals surface area contributed by atoms with Crippen LogP contribution in [-0.2, 0) is 0 Å². The van der Waals surface area contributed by atoms with Crippen LogP contribution < -0.4 is 10.6 Å². The molecular weight excluding hydrogens is 238 g/mol. The van der Waals surface area contributed by atoms with E-state index in [1.165, 1.54) is 6.42 Å². The summed E-state index contributed by atoms with van der Waals surface area (Å²) in [6.45, 7) is 5.77. The lowest BCUT2D eigenvalue weighted by Crippen LogP contribution is -2.41. The second kappa shape index (κ2) is 6.24. The van der Waals surface area contributed by atoms with Gasteiger partial charge >= 0.3 is 0 Å². The topological polar surface area (TPSA) is 57.2 Å². The number of pyridine rings is 1. The highest BCUT2D eigenvalue weighted by atomic mass is 16.3. The van der Waals surface area contributed by atoms with Gasteiger partial charge in [-0.25, -0.2) is 0 Å². The van der Waals surface area contributed by atoms with Crippen molar-refractivity contribution in [2.75, 3.05) is 23.7 Å². The Morgan fingerprint density at radius 1 is 1.37 bits per heavy atom. The van der Waals surface area contributed by atoms with E-state index in [2.05, 4.69) is 29.5 Å². The maximum Gasteiger partial charge on any atom is 0.0821 e. The molecule has 0 saturated heterocycles. The number of hydrogen-bond donors (Lipinski definition) is 3. The molecule has 1 aromatic heterocycles. The Morgan fingerprint density at radius 2 is 2.11 bits per heavy atom. The Kier molecular flexibility index (Phi) is 4.64. The quantitative estimate of drug-likeness (QED) is 0.764. The summed E-state index contributed by atoms with van der Waals surface area (Å²) in [6.07, 6.45) is 7.75. The minimum Gasteiger partial charge on any atom is -0.388 e. The van der Waals surface area contributed by atoms with Crippen molar-refractivity contribution in [3.63, 3.8) is 0 Å². The van der Waals surface area contributed by atoms with E-state index in [0.717, 1.165) is 37.2 Å². The zero-order valence-electron chi connectivity index (χ0n) is 11.9. The van der Waals surface area contributed by atoms with E-state index in [1.54, 1.807) is 6.20 Å². The predicted octanol–water partition coefficient (Wildman–Crippen LogP) is 2.87. The van der Waals surface area contributed by atoms with Crippen molar-refractivity contribution in [2.45, 2.75) is 45.1 Å². The van der Waals surface area contributed by atoms with Crippen molar-refractivity contribution >= 4 is 11.4 Å². The summed E-state index contributed by atoms with van der Waals surface area (Å²) in [5.74, 6) is 0.617. The van der Waals surface area contributed by atoms with E-state index in [4.69, 9.17) is 0 Å². The highest BCUT2D eigenvalue weighted by molar-refractivity contribution is 5.54. The van der Waals surface area contributed by atoms with Gasteiger partial charge in [-0.15, -0.1) is 0 Å². The van der Waals surface area contributed by atoms with E-state index in [-0.39, 0.29) is 0 Å². The van der Waals surface area contributed by atoms with Gasteiger partial charge in [0.15, 0.2) is 0 Å². The Bertz CT molecular complexity index is 410. The molecule has 2 atom stereocenters. The molecule has 19 heavy (non-hydrogen) atoms. The lowest BCUT2D eigenvalue weighted by atomic mass is 9.79. The van der Waals surface area contributed by atoms with Gasteiger partial charge in [0, 0.05) is 13.1 Å². The van der Waals surface area contributed by atoms with Crippen LogP contribution in [0.5, 0.6) is 0 Å². The zero-order valence-corrected chi connectivity index (χ0v) is 11.9. The molecule has 0 aliphatic heterocycles. The van der Waals surface area contributed by atoms with Gasteiger partial charge in [0.2, 0.25) is 0 Å². The van der Waals surface area contributed by atoms with Crippen molar-refractivity contribution in [1.82, 2.24) is 4.98 Å². The van der Waals surface area contributed by atoms with Crippen LogP contribution in [0.4, 0.5) is 11.4 Å². The van der Waals surface area contributed by atoms with Gasteiger partial charge in [-0.05, 0) is 31.7 Å². The summed E-state index contributed by atoms with van der Waals surface area (Å²) in [4.78, 5) is 4.20. The number of nitrogens with one attached hydrogen (secondary N) is 2. The molecule has 1 saturated carbocycles. The van der Waals surface area contributed by atoms with Crippen molar-refractivity contribution in [3.8, 4) is 0 Å². The molecule has 0 spiro atoms. The number of rotatable bonds is 5. The molecule has 2 rings (SSSR count). The van der Waals surface area contributed by atoms with Crippen LogP contribution in [0.1, 0.15) is 39.5 Å². The Hall–Kier alpha value is -1.29. The Balaban J connectivity index is 1.92. The molecular formula is C15H25N3O. The van der Waals surface area contributed by atoms with E-state index < -0.39 is 5.60 Å². The van der Waals surface area contributed by atoms with Gasteiger partial charge in [0.05, 0.1) is 29.4 Å².